The Kier molecular flexibility index (Phi) is 3.24. The first-order valence-electron chi connectivity index (χ1n) is 7.42. The quantitative estimate of drug-likeness (QED) is 0.535. The van der Waals surface area contributed by atoms with E-state index in [-0.39, 0.29) is 0 Å². The fourth-order valence-corrected chi connectivity index (χ4v) is 2.86. The van der Waals surface area contributed by atoms with Gasteiger partial charge in [0.2, 0.25) is 0 Å². The topological polar surface area (TPSA) is 38.7 Å². The Labute approximate surface area is 128 Å². The molecule has 0 unspecified atom stereocenters. The third-order valence-corrected chi connectivity index (χ3v) is 4.01. The molecule has 0 fully saturated rings. The molecule has 3 heteroatoms. The number of nitrogens with zero attached hydrogens (tertiary/aromatic N) is 3. The van der Waals surface area contributed by atoms with Crippen LogP contribution in [0.1, 0.15) is 11.1 Å². The van der Waals surface area contributed by atoms with Crippen molar-refractivity contribution in [1.29, 1.82) is 0 Å². The lowest BCUT2D eigenvalue weighted by Gasteiger charge is -2.08. The largest absolute Gasteiger partial charge is 0.265 e. The Morgan fingerprint density at radius 1 is 0.682 bits per heavy atom. The molecule has 0 saturated carbocycles. The second-order valence-corrected chi connectivity index (χ2v) is 5.36. The molecule has 0 N–H and O–H groups in total. The van der Waals surface area contributed by atoms with Crippen molar-refractivity contribution in [3.63, 3.8) is 0 Å². The smallest absolute Gasteiger partial charge is 0.0967 e. The summed E-state index contributed by atoms with van der Waals surface area (Å²) >= 11 is 0. The van der Waals surface area contributed by atoms with Crippen LogP contribution >= 0.6 is 0 Å². The maximum absolute atomic E-state index is 4.55. The summed E-state index contributed by atoms with van der Waals surface area (Å²) in [6.45, 7) is 0. The van der Waals surface area contributed by atoms with Crippen LogP contribution in [0.3, 0.4) is 0 Å². The van der Waals surface area contributed by atoms with Gasteiger partial charge in [0, 0.05) is 35.6 Å². The van der Waals surface area contributed by atoms with E-state index < -0.39 is 0 Å². The van der Waals surface area contributed by atoms with Gasteiger partial charge in [0.1, 0.15) is 0 Å². The van der Waals surface area contributed by atoms with Crippen molar-refractivity contribution in [2.24, 2.45) is 0 Å². The monoisotopic (exact) mass is 285 g/mol. The van der Waals surface area contributed by atoms with E-state index in [4.69, 9.17) is 0 Å². The van der Waals surface area contributed by atoms with E-state index in [1.54, 1.807) is 0 Å². The molecule has 4 rings (SSSR count). The summed E-state index contributed by atoms with van der Waals surface area (Å²) in [6, 6.07) is 14.6. The van der Waals surface area contributed by atoms with Crippen molar-refractivity contribution < 1.29 is 0 Å². The third kappa shape index (κ3) is 2.31. The Morgan fingerprint density at radius 2 is 1.55 bits per heavy atom. The normalized spacial score (nSPS) is 11.1. The zero-order valence-corrected chi connectivity index (χ0v) is 12.1. The molecule has 106 valence electrons. The van der Waals surface area contributed by atoms with E-state index in [2.05, 4.69) is 51.4 Å². The fourth-order valence-electron chi connectivity index (χ4n) is 2.86. The summed E-state index contributed by atoms with van der Waals surface area (Å²) in [7, 11) is 0. The molecule has 1 aromatic carbocycles. The van der Waals surface area contributed by atoms with E-state index in [1.165, 1.54) is 16.5 Å². The van der Waals surface area contributed by atoms with Gasteiger partial charge in [-0.25, -0.2) is 0 Å². The molecule has 3 nitrogen and oxygen atoms in total. The zero-order chi connectivity index (χ0) is 14.8. The average molecular weight is 285 g/mol. The molecule has 3 aromatic heterocycles. The van der Waals surface area contributed by atoms with E-state index in [0.717, 1.165) is 29.3 Å². The molecular formula is C19H15N3. The van der Waals surface area contributed by atoms with Crippen molar-refractivity contribution in [3.8, 4) is 0 Å². The van der Waals surface area contributed by atoms with Gasteiger partial charge >= 0.3 is 0 Å². The minimum Gasteiger partial charge on any atom is -0.265 e. The maximum atomic E-state index is 4.55. The second kappa shape index (κ2) is 5.53. The summed E-state index contributed by atoms with van der Waals surface area (Å²) in [6.07, 6.45) is 9.39. The minimum atomic E-state index is 0.978. The summed E-state index contributed by atoms with van der Waals surface area (Å²) in [5, 5.41) is 2.33. The van der Waals surface area contributed by atoms with Gasteiger partial charge in [0.05, 0.1) is 11.0 Å². The van der Waals surface area contributed by atoms with Gasteiger partial charge in [0.25, 0.3) is 0 Å². The van der Waals surface area contributed by atoms with E-state index >= 15 is 0 Å². The molecule has 22 heavy (non-hydrogen) atoms. The molecule has 0 aliphatic rings. The average Bonchev–Trinajstić information content (AvgIpc) is 2.60. The van der Waals surface area contributed by atoms with Gasteiger partial charge in [-0.05, 0) is 48.2 Å². The van der Waals surface area contributed by atoms with Crippen molar-refractivity contribution in [3.05, 3.63) is 78.4 Å². The van der Waals surface area contributed by atoms with Crippen LogP contribution in [0.4, 0.5) is 0 Å². The van der Waals surface area contributed by atoms with E-state index in [9.17, 15) is 0 Å². The Hall–Kier alpha value is -2.81. The first-order chi connectivity index (χ1) is 10.9. The first-order valence-corrected chi connectivity index (χ1v) is 7.42. The zero-order valence-electron chi connectivity index (χ0n) is 12.1. The highest BCUT2D eigenvalue weighted by Gasteiger charge is 2.07. The summed E-state index contributed by atoms with van der Waals surface area (Å²) in [5.41, 5.74) is 4.59. The SMILES string of the molecule is c1cnc2c(c1)ccc1c(CCc3ccncc3)ccnc12. The molecule has 0 aliphatic heterocycles. The number of rotatable bonds is 3. The molecule has 0 spiro atoms. The van der Waals surface area contributed by atoms with Crippen molar-refractivity contribution in [2.45, 2.75) is 12.8 Å². The van der Waals surface area contributed by atoms with Crippen molar-refractivity contribution in [1.82, 2.24) is 15.0 Å². The van der Waals surface area contributed by atoms with Crippen LogP contribution < -0.4 is 0 Å². The van der Waals surface area contributed by atoms with E-state index in [1.807, 2.05) is 30.9 Å². The summed E-state index contributed by atoms with van der Waals surface area (Å²) < 4.78 is 0. The van der Waals surface area contributed by atoms with Gasteiger partial charge < -0.3 is 0 Å². The van der Waals surface area contributed by atoms with Crippen molar-refractivity contribution >= 4 is 21.8 Å². The highest BCUT2D eigenvalue weighted by atomic mass is 14.7. The standard InChI is InChI=1S/C19H15N3/c1-2-16-5-6-17-15(4-3-14-7-11-20-12-8-14)9-13-22-19(17)18(16)21-10-1/h1-2,5-13H,3-4H2. The number of fused-ring (bicyclic) bond motifs is 3. The number of aryl methyl sites for hydroxylation is 2. The van der Waals surface area contributed by atoms with Crippen LogP contribution in [0.25, 0.3) is 21.8 Å². The molecule has 3 heterocycles. The number of benzene rings is 1. The second-order valence-electron chi connectivity index (χ2n) is 5.36. The van der Waals surface area contributed by atoms with Crippen LogP contribution in [-0.2, 0) is 12.8 Å². The molecule has 0 radical (unpaired) electrons. The lowest BCUT2D eigenvalue weighted by molar-refractivity contribution is 0.961. The molecule has 4 aromatic rings. The maximum Gasteiger partial charge on any atom is 0.0967 e. The van der Waals surface area contributed by atoms with E-state index in [0.29, 0.717) is 0 Å². The highest BCUT2D eigenvalue weighted by Crippen LogP contribution is 2.25. The Balaban J connectivity index is 1.76. The van der Waals surface area contributed by atoms with Gasteiger partial charge in [-0.2, -0.15) is 0 Å². The molecule has 0 amide bonds. The number of hydrogen-bond donors (Lipinski definition) is 0. The summed E-state index contributed by atoms with van der Waals surface area (Å²) in [5.74, 6) is 0. The van der Waals surface area contributed by atoms with Gasteiger partial charge in [0.15, 0.2) is 0 Å². The number of pyridine rings is 3. The van der Waals surface area contributed by atoms with Crippen LogP contribution in [0.15, 0.2) is 67.3 Å². The predicted octanol–water partition coefficient (Wildman–Crippen LogP) is 3.96. The molecule has 0 aliphatic carbocycles. The molecule has 0 atom stereocenters. The lowest BCUT2D eigenvalue weighted by Crippen LogP contribution is -1.95. The Bertz CT molecular complexity index is 933. The molecular weight excluding hydrogens is 270 g/mol. The molecule has 0 saturated heterocycles. The van der Waals surface area contributed by atoms with Crippen LogP contribution in [-0.4, -0.2) is 15.0 Å². The van der Waals surface area contributed by atoms with Crippen LogP contribution in [0.5, 0.6) is 0 Å². The highest BCUT2D eigenvalue weighted by molar-refractivity contribution is 6.03. The van der Waals surface area contributed by atoms with Gasteiger partial charge in [-0.15, -0.1) is 0 Å². The molecule has 0 bridgehead atoms. The van der Waals surface area contributed by atoms with Crippen molar-refractivity contribution in [2.75, 3.05) is 0 Å². The minimum absolute atomic E-state index is 0.978. The first kappa shape index (κ1) is 12.9. The number of hydrogen-bond acceptors (Lipinski definition) is 3. The van der Waals surface area contributed by atoms with Crippen LogP contribution in [0.2, 0.25) is 0 Å². The third-order valence-electron chi connectivity index (χ3n) is 4.01. The summed E-state index contributed by atoms with van der Waals surface area (Å²) in [4.78, 5) is 13.1. The van der Waals surface area contributed by atoms with Crippen LogP contribution in [0, 0.1) is 0 Å². The van der Waals surface area contributed by atoms with Gasteiger partial charge in [-0.3, -0.25) is 15.0 Å². The fraction of sp³-hybridized carbons (Fsp3) is 0.105. The Morgan fingerprint density at radius 3 is 2.45 bits per heavy atom. The predicted molar refractivity (Wildman–Crippen MR) is 88.7 cm³/mol. The van der Waals surface area contributed by atoms with Gasteiger partial charge in [-0.1, -0.05) is 18.2 Å². The number of aromatic nitrogens is 3. The lowest BCUT2D eigenvalue weighted by atomic mass is 10.0.